The van der Waals surface area contributed by atoms with Gasteiger partial charge in [0.25, 0.3) is 0 Å². The minimum Gasteiger partial charge on any atom is -0.495 e. The lowest BCUT2D eigenvalue weighted by Crippen LogP contribution is -2.41. The van der Waals surface area contributed by atoms with Gasteiger partial charge in [-0.15, -0.1) is 0 Å². The fourth-order valence-electron chi connectivity index (χ4n) is 2.50. The highest BCUT2D eigenvalue weighted by Crippen LogP contribution is 2.30. The summed E-state index contributed by atoms with van der Waals surface area (Å²) in [5.41, 5.74) is 0.972. The molecule has 0 saturated carbocycles. The number of carbonyl (C=O) groups is 1. The number of para-hydroxylation sites is 2. The third-order valence-corrected chi connectivity index (χ3v) is 3.38. The largest absolute Gasteiger partial charge is 0.495 e. The van der Waals surface area contributed by atoms with Crippen molar-refractivity contribution in [2.45, 2.75) is 18.9 Å². The number of aliphatic carboxylic acids is 1. The molecule has 0 aromatic heterocycles. The molecule has 1 aromatic carbocycles. The molecule has 19 heavy (non-hydrogen) atoms. The summed E-state index contributed by atoms with van der Waals surface area (Å²) in [6.07, 6.45) is 1.12. The van der Waals surface area contributed by atoms with E-state index in [0.29, 0.717) is 6.54 Å². The Hall–Kier alpha value is -1.75. The number of hydrogen-bond acceptors (Lipinski definition) is 4. The van der Waals surface area contributed by atoms with Gasteiger partial charge < -0.3 is 20.1 Å². The topological polar surface area (TPSA) is 61.8 Å². The Morgan fingerprint density at radius 1 is 1.53 bits per heavy atom. The molecule has 1 heterocycles. The molecular formula is C14H20N2O3. The van der Waals surface area contributed by atoms with Gasteiger partial charge in [0.2, 0.25) is 0 Å². The molecule has 5 nitrogen and oxygen atoms in total. The molecule has 0 spiro atoms. The van der Waals surface area contributed by atoms with Gasteiger partial charge in [-0.05, 0) is 25.1 Å². The molecule has 1 saturated heterocycles. The number of anilines is 1. The van der Waals surface area contributed by atoms with Crippen molar-refractivity contribution < 1.29 is 14.6 Å². The summed E-state index contributed by atoms with van der Waals surface area (Å²) >= 11 is 0. The monoisotopic (exact) mass is 264 g/mol. The number of carboxylic acid groups (broad SMARTS) is 1. The quantitative estimate of drug-likeness (QED) is 0.859. The molecule has 0 aliphatic carbocycles. The Morgan fingerprint density at radius 3 is 3.05 bits per heavy atom. The first-order chi connectivity index (χ1) is 9.22. The van der Waals surface area contributed by atoms with Gasteiger partial charge in [-0.1, -0.05) is 12.1 Å². The van der Waals surface area contributed by atoms with Crippen molar-refractivity contribution in [2.24, 2.45) is 0 Å². The lowest BCUT2D eigenvalue weighted by atomic mass is 10.1. The Bertz CT molecular complexity index is 436. The lowest BCUT2D eigenvalue weighted by Gasteiger charge is -2.32. The Labute approximate surface area is 113 Å². The Balaban J connectivity index is 2.28. The van der Waals surface area contributed by atoms with E-state index in [9.17, 15) is 4.79 Å². The second-order valence-corrected chi connectivity index (χ2v) is 4.67. The van der Waals surface area contributed by atoms with Crippen molar-refractivity contribution in [3.63, 3.8) is 0 Å². The van der Waals surface area contributed by atoms with E-state index in [-0.39, 0.29) is 12.5 Å². The number of ether oxygens (including phenoxy) is 1. The Morgan fingerprint density at radius 2 is 2.32 bits per heavy atom. The van der Waals surface area contributed by atoms with Crippen LogP contribution in [-0.4, -0.2) is 43.9 Å². The predicted molar refractivity (Wildman–Crippen MR) is 73.9 cm³/mol. The van der Waals surface area contributed by atoms with E-state index < -0.39 is 5.97 Å². The van der Waals surface area contributed by atoms with Crippen LogP contribution in [0, 0.1) is 0 Å². The predicted octanol–water partition coefficient (Wildman–Crippen LogP) is 1.34. The van der Waals surface area contributed by atoms with E-state index in [1.807, 2.05) is 24.3 Å². The van der Waals surface area contributed by atoms with Crippen molar-refractivity contribution >= 4 is 11.7 Å². The smallest absolute Gasteiger partial charge is 0.305 e. The number of methoxy groups -OCH3 is 1. The highest BCUT2D eigenvalue weighted by molar-refractivity contribution is 5.69. The second kappa shape index (κ2) is 6.43. The summed E-state index contributed by atoms with van der Waals surface area (Å²) in [5, 5.41) is 12.4. The minimum absolute atomic E-state index is 0.0451. The standard InChI is InChI=1S/C14H20N2O3/c1-19-13-6-3-2-5-12(13)16-8-4-7-15-10-11(16)9-14(17)18/h2-3,5-6,11,15H,4,7-10H2,1H3,(H,17,18). The third kappa shape index (κ3) is 3.38. The minimum atomic E-state index is -0.770. The number of nitrogens with zero attached hydrogens (tertiary/aromatic N) is 1. The van der Waals surface area contributed by atoms with Crippen molar-refractivity contribution in [1.82, 2.24) is 5.32 Å². The first kappa shape index (κ1) is 13.7. The van der Waals surface area contributed by atoms with E-state index in [4.69, 9.17) is 9.84 Å². The van der Waals surface area contributed by atoms with Crippen LogP contribution >= 0.6 is 0 Å². The number of carboxylic acids is 1. The molecule has 104 valence electrons. The maximum atomic E-state index is 11.0. The van der Waals surface area contributed by atoms with Crippen LogP contribution in [0.3, 0.4) is 0 Å². The van der Waals surface area contributed by atoms with Crippen molar-refractivity contribution in [2.75, 3.05) is 31.6 Å². The van der Waals surface area contributed by atoms with Crippen LogP contribution in [0.15, 0.2) is 24.3 Å². The fraction of sp³-hybridized carbons (Fsp3) is 0.500. The maximum Gasteiger partial charge on any atom is 0.305 e. The number of benzene rings is 1. The molecule has 1 aliphatic rings. The summed E-state index contributed by atoms with van der Waals surface area (Å²) in [7, 11) is 1.64. The van der Waals surface area contributed by atoms with Crippen molar-refractivity contribution in [3.8, 4) is 5.75 Å². The van der Waals surface area contributed by atoms with E-state index >= 15 is 0 Å². The first-order valence-electron chi connectivity index (χ1n) is 6.54. The normalized spacial score (nSPS) is 19.8. The van der Waals surface area contributed by atoms with Gasteiger partial charge in [-0.2, -0.15) is 0 Å². The molecule has 0 amide bonds. The van der Waals surface area contributed by atoms with Crippen LogP contribution in [0.5, 0.6) is 5.75 Å². The average molecular weight is 264 g/mol. The van der Waals surface area contributed by atoms with Gasteiger partial charge in [-0.25, -0.2) is 0 Å². The van der Waals surface area contributed by atoms with E-state index in [2.05, 4.69) is 10.2 Å². The lowest BCUT2D eigenvalue weighted by molar-refractivity contribution is -0.137. The molecule has 1 aromatic rings. The van der Waals surface area contributed by atoms with E-state index in [0.717, 1.165) is 30.9 Å². The van der Waals surface area contributed by atoms with Gasteiger partial charge in [0.05, 0.1) is 25.3 Å². The van der Waals surface area contributed by atoms with Crippen molar-refractivity contribution in [3.05, 3.63) is 24.3 Å². The molecule has 1 atom stereocenters. The van der Waals surface area contributed by atoms with Crippen LogP contribution in [0.2, 0.25) is 0 Å². The fourth-order valence-corrected chi connectivity index (χ4v) is 2.50. The van der Waals surface area contributed by atoms with Crippen LogP contribution in [0.25, 0.3) is 0 Å². The van der Waals surface area contributed by atoms with Crippen LogP contribution in [0.4, 0.5) is 5.69 Å². The molecule has 0 bridgehead atoms. The molecule has 0 radical (unpaired) electrons. The molecule has 2 N–H and O–H groups in total. The second-order valence-electron chi connectivity index (χ2n) is 4.67. The first-order valence-corrected chi connectivity index (χ1v) is 6.54. The summed E-state index contributed by atoms with van der Waals surface area (Å²) in [5.74, 6) is 0.0217. The molecular weight excluding hydrogens is 244 g/mol. The van der Waals surface area contributed by atoms with E-state index in [1.54, 1.807) is 7.11 Å². The molecule has 1 fully saturated rings. The van der Waals surface area contributed by atoms with Crippen LogP contribution in [-0.2, 0) is 4.79 Å². The summed E-state index contributed by atoms with van der Waals surface area (Å²) in [4.78, 5) is 13.2. The van der Waals surface area contributed by atoms with Crippen LogP contribution < -0.4 is 15.0 Å². The summed E-state index contributed by atoms with van der Waals surface area (Å²) in [6.45, 7) is 2.44. The van der Waals surface area contributed by atoms with Crippen LogP contribution in [0.1, 0.15) is 12.8 Å². The SMILES string of the molecule is COc1ccccc1N1CCCNCC1CC(=O)O. The Kier molecular flexibility index (Phi) is 4.63. The zero-order chi connectivity index (χ0) is 13.7. The van der Waals surface area contributed by atoms with Crippen molar-refractivity contribution in [1.29, 1.82) is 0 Å². The zero-order valence-electron chi connectivity index (χ0n) is 11.1. The third-order valence-electron chi connectivity index (χ3n) is 3.38. The molecule has 1 unspecified atom stereocenters. The number of hydrogen-bond donors (Lipinski definition) is 2. The maximum absolute atomic E-state index is 11.0. The number of rotatable bonds is 4. The van der Waals surface area contributed by atoms with Gasteiger partial charge >= 0.3 is 5.97 Å². The average Bonchev–Trinajstić information content (AvgIpc) is 2.63. The highest BCUT2D eigenvalue weighted by atomic mass is 16.5. The van der Waals surface area contributed by atoms with E-state index in [1.165, 1.54) is 0 Å². The number of nitrogens with one attached hydrogen (secondary N) is 1. The van der Waals surface area contributed by atoms with Gasteiger partial charge in [-0.3, -0.25) is 4.79 Å². The summed E-state index contributed by atoms with van der Waals surface area (Å²) < 4.78 is 5.38. The van der Waals surface area contributed by atoms with Gasteiger partial charge in [0.1, 0.15) is 5.75 Å². The highest BCUT2D eigenvalue weighted by Gasteiger charge is 2.25. The van der Waals surface area contributed by atoms with Gasteiger partial charge in [0, 0.05) is 13.1 Å². The molecule has 2 rings (SSSR count). The molecule has 5 heteroatoms. The zero-order valence-corrected chi connectivity index (χ0v) is 11.1. The molecule has 1 aliphatic heterocycles. The summed E-state index contributed by atoms with van der Waals surface area (Å²) in [6, 6.07) is 7.72. The van der Waals surface area contributed by atoms with Gasteiger partial charge in [0.15, 0.2) is 0 Å².